The fourth-order valence-electron chi connectivity index (χ4n) is 2.55. The van der Waals surface area contributed by atoms with Crippen molar-refractivity contribution in [2.45, 2.75) is 20.8 Å². The fourth-order valence-corrected chi connectivity index (χ4v) is 2.73. The number of benzene rings is 2. The van der Waals surface area contributed by atoms with Crippen LogP contribution >= 0.6 is 11.6 Å². The van der Waals surface area contributed by atoms with E-state index >= 15 is 0 Å². The molecule has 3 aromatic rings. The molecule has 6 heteroatoms. The van der Waals surface area contributed by atoms with Gasteiger partial charge >= 0.3 is 0 Å². The largest absolute Gasteiger partial charge is 0.483 e. The van der Waals surface area contributed by atoms with Crippen LogP contribution in [0.4, 0.5) is 0 Å². The van der Waals surface area contributed by atoms with E-state index in [4.69, 9.17) is 20.8 Å². The van der Waals surface area contributed by atoms with Crippen molar-refractivity contribution in [3.8, 4) is 17.1 Å². The molecule has 1 heterocycles. The van der Waals surface area contributed by atoms with E-state index in [0.29, 0.717) is 22.3 Å². The number of amides is 1. The molecule has 0 aliphatic heterocycles. The van der Waals surface area contributed by atoms with E-state index in [9.17, 15) is 4.79 Å². The molecule has 0 bridgehead atoms. The molecule has 1 N–H and O–H groups in total. The molecular formula is C22H21ClN2O3. The Hall–Kier alpha value is -3.05. The minimum absolute atomic E-state index is 0.118. The first-order chi connectivity index (χ1) is 13.4. The van der Waals surface area contributed by atoms with E-state index in [1.165, 1.54) is 6.21 Å². The Kier molecular flexibility index (Phi) is 6.16. The summed E-state index contributed by atoms with van der Waals surface area (Å²) in [6.45, 7) is 5.77. The van der Waals surface area contributed by atoms with E-state index in [1.807, 2.05) is 63.2 Å². The lowest BCUT2D eigenvalue weighted by molar-refractivity contribution is -0.123. The van der Waals surface area contributed by atoms with Gasteiger partial charge in [0.25, 0.3) is 5.91 Å². The number of furan rings is 1. The molecule has 144 valence electrons. The van der Waals surface area contributed by atoms with Crippen LogP contribution in [0, 0.1) is 20.8 Å². The van der Waals surface area contributed by atoms with Gasteiger partial charge in [0.05, 0.1) is 6.21 Å². The number of rotatable bonds is 6. The number of aryl methyl sites for hydroxylation is 2. The Bertz CT molecular complexity index is 1020. The van der Waals surface area contributed by atoms with Crippen LogP contribution in [0.15, 0.2) is 58.0 Å². The monoisotopic (exact) mass is 396 g/mol. The van der Waals surface area contributed by atoms with Gasteiger partial charge in [-0.05, 0) is 61.7 Å². The summed E-state index contributed by atoms with van der Waals surface area (Å²) >= 11 is 6.15. The van der Waals surface area contributed by atoms with Crippen LogP contribution in [0.25, 0.3) is 11.3 Å². The van der Waals surface area contributed by atoms with Crippen molar-refractivity contribution in [1.29, 1.82) is 0 Å². The SMILES string of the molecule is Cc1ccc(-c2ccc(C=NNC(=O)COc3cccc(C)c3C)o2)cc1Cl. The maximum Gasteiger partial charge on any atom is 0.277 e. The molecule has 0 atom stereocenters. The summed E-state index contributed by atoms with van der Waals surface area (Å²) in [6.07, 6.45) is 1.44. The lowest BCUT2D eigenvalue weighted by Gasteiger charge is -2.09. The number of hydrogen-bond donors (Lipinski definition) is 1. The highest BCUT2D eigenvalue weighted by atomic mass is 35.5. The number of halogens is 1. The third-order valence-corrected chi connectivity index (χ3v) is 4.79. The third-order valence-electron chi connectivity index (χ3n) is 4.38. The molecule has 0 spiro atoms. The molecule has 3 rings (SSSR count). The average molecular weight is 397 g/mol. The molecule has 2 aromatic carbocycles. The zero-order valence-electron chi connectivity index (χ0n) is 16.0. The van der Waals surface area contributed by atoms with Crippen molar-refractivity contribution >= 4 is 23.7 Å². The zero-order chi connectivity index (χ0) is 20.1. The number of carbonyl (C=O) groups is 1. The van der Waals surface area contributed by atoms with Crippen LogP contribution in [0.5, 0.6) is 5.75 Å². The van der Waals surface area contributed by atoms with Crippen molar-refractivity contribution in [1.82, 2.24) is 5.43 Å². The summed E-state index contributed by atoms with van der Waals surface area (Å²) in [4.78, 5) is 11.9. The summed E-state index contributed by atoms with van der Waals surface area (Å²) in [5, 5.41) is 4.59. The second kappa shape index (κ2) is 8.76. The minimum Gasteiger partial charge on any atom is -0.483 e. The van der Waals surface area contributed by atoms with Gasteiger partial charge in [-0.3, -0.25) is 4.79 Å². The van der Waals surface area contributed by atoms with Gasteiger partial charge in [0, 0.05) is 10.6 Å². The van der Waals surface area contributed by atoms with Gasteiger partial charge in [-0.15, -0.1) is 0 Å². The first-order valence-electron chi connectivity index (χ1n) is 8.81. The van der Waals surface area contributed by atoms with Gasteiger partial charge < -0.3 is 9.15 Å². The molecule has 0 saturated carbocycles. The summed E-state index contributed by atoms with van der Waals surface area (Å²) in [7, 11) is 0. The number of hydrazone groups is 1. The highest BCUT2D eigenvalue weighted by Crippen LogP contribution is 2.26. The molecule has 5 nitrogen and oxygen atoms in total. The van der Waals surface area contributed by atoms with Gasteiger partial charge in [-0.1, -0.05) is 35.9 Å². The third kappa shape index (κ3) is 4.81. The van der Waals surface area contributed by atoms with E-state index in [-0.39, 0.29) is 12.5 Å². The standard InChI is InChI=1S/C22H21ClN2O3/c1-14-5-4-6-20(16(14)3)27-13-22(26)25-24-12-18-9-10-21(28-18)17-8-7-15(2)19(23)11-17/h4-12H,13H2,1-3H3,(H,25,26). The number of nitrogens with zero attached hydrogens (tertiary/aromatic N) is 1. The second-order valence-electron chi connectivity index (χ2n) is 6.45. The molecule has 0 fully saturated rings. The molecule has 0 unspecified atom stereocenters. The predicted octanol–water partition coefficient (Wildman–Crippen LogP) is 5.05. The van der Waals surface area contributed by atoms with Crippen molar-refractivity contribution < 1.29 is 13.9 Å². The molecule has 1 aromatic heterocycles. The lowest BCUT2D eigenvalue weighted by Crippen LogP contribution is -2.24. The number of hydrogen-bond acceptors (Lipinski definition) is 4. The van der Waals surface area contributed by atoms with E-state index in [2.05, 4.69) is 10.5 Å². The van der Waals surface area contributed by atoms with E-state index < -0.39 is 0 Å². The van der Waals surface area contributed by atoms with Crippen molar-refractivity contribution in [2.75, 3.05) is 6.61 Å². The summed E-state index contributed by atoms with van der Waals surface area (Å²) in [6, 6.07) is 15.0. The number of carbonyl (C=O) groups excluding carboxylic acids is 1. The van der Waals surface area contributed by atoms with Gasteiger partial charge in [0.15, 0.2) is 6.61 Å². The maximum absolute atomic E-state index is 11.9. The molecule has 28 heavy (non-hydrogen) atoms. The first-order valence-corrected chi connectivity index (χ1v) is 9.19. The zero-order valence-corrected chi connectivity index (χ0v) is 16.7. The molecule has 0 aliphatic rings. The van der Waals surface area contributed by atoms with Crippen molar-refractivity contribution in [3.05, 3.63) is 76.0 Å². The normalized spacial score (nSPS) is 11.0. The quantitative estimate of drug-likeness (QED) is 0.468. The van der Waals surface area contributed by atoms with Gasteiger partial charge in [-0.25, -0.2) is 5.43 Å². The lowest BCUT2D eigenvalue weighted by atomic mass is 10.1. The van der Waals surface area contributed by atoms with Crippen LogP contribution < -0.4 is 10.2 Å². The summed E-state index contributed by atoms with van der Waals surface area (Å²) in [5.41, 5.74) is 6.43. The molecule has 0 aliphatic carbocycles. The molecule has 0 radical (unpaired) electrons. The topological polar surface area (TPSA) is 63.8 Å². The van der Waals surface area contributed by atoms with Gasteiger partial charge in [-0.2, -0.15) is 5.10 Å². The van der Waals surface area contributed by atoms with Crippen LogP contribution in [0.1, 0.15) is 22.5 Å². The Labute approximate surface area is 169 Å². The van der Waals surface area contributed by atoms with Gasteiger partial charge in [0.1, 0.15) is 17.3 Å². The summed E-state index contributed by atoms with van der Waals surface area (Å²) < 4.78 is 11.3. The highest BCUT2D eigenvalue weighted by molar-refractivity contribution is 6.31. The second-order valence-corrected chi connectivity index (χ2v) is 6.85. The molecule has 1 amide bonds. The van der Waals surface area contributed by atoms with Crippen molar-refractivity contribution in [3.63, 3.8) is 0 Å². The fraction of sp³-hybridized carbons (Fsp3) is 0.182. The predicted molar refractivity (Wildman–Crippen MR) is 111 cm³/mol. The number of ether oxygens (including phenoxy) is 1. The van der Waals surface area contributed by atoms with Crippen LogP contribution in [-0.2, 0) is 4.79 Å². The Balaban J connectivity index is 1.54. The average Bonchev–Trinajstić information content (AvgIpc) is 3.14. The van der Waals surface area contributed by atoms with Crippen LogP contribution in [0.3, 0.4) is 0 Å². The Morgan fingerprint density at radius 3 is 2.75 bits per heavy atom. The van der Waals surface area contributed by atoms with Crippen molar-refractivity contribution in [2.24, 2.45) is 5.10 Å². The number of nitrogens with one attached hydrogen (secondary N) is 1. The van der Waals surface area contributed by atoms with E-state index in [0.717, 1.165) is 22.3 Å². The minimum atomic E-state index is -0.353. The van der Waals surface area contributed by atoms with Gasteiger partial charge in [0.2, 0.25) is 0 Å². The highest BCUT2D eigenvalue weighted by Gasteiger charge is 2.07. The summed E-state index contributed by atoms with van der Waals surface area (Å²) in [5.74, 6) is 1.52. The first kappa shape index (κ1) is 19.7. The smallest absolute Gasteiger partial charge is 0.277 e. The van der Waals surface area contributed by atoms with Crippen LogP contribution in [-0.4, -0.2) is 18.7 Å². The molecular weight excluding hydrogens is 376 g/mol. The Morgan fingerprint density at radius 1 is 1.14 bits per heavy atom. The van der Waals surface area contributed by atoms with Crippen LogP contribution in [0.2, 0.25) is 5.02 Å². The maximum atomic E-state index is 11.9. The Morgan fingerprint density at radius 2 is 1.96 bits per heavy atom. The van der Waals surface area contributed by atoms with E-state index in [1.54, 1.807) is 6.07 Å². The molecule has 0 saturated heterocycles.